The summed E-state index contributed by atoms with van der Waals surface area (Å²) in [7, 11) is 0. The van der Waals surface area contributed by atoms with Gasteiger partial charge in [-0.25, -0.2) is 4.39 Å². The molecule has 0 saturated carbocycles. The zero-order chi connectivity index (χ0) is 12.1. The highest BCUT2D eigenvalue weighted by Crippen LogP contribution is 2.27. The normalized spacial score (nSPS) is 12.2. The van der Waals surface area contributed by atoms with Gasteiger partial charge in [0.2, 0.25) is 0 Å². The van der Waals surface area contributed by atoms with E-state index in [2.05, 4.69) is 6.07 Å². The van der Waals surface area contributed by atoms with Crippen LogP contribution in [0.15, 0.2) is 18.2 Å². The second kappa shape index (κ2) is 5.50. The number of hydrogen-bond donors (Lipinski definition) is 0. The van der Waals surface area contributed by atoms with Crippen molar-refractivity contribution < 1.29 is 9.13 Å². The highest BCUT2D eigenvalue weighted by atomic mass is 19.1. The van der Waals surface area contributed by atoms with Crippen molar-refractivity contribution in [2.24, 2.45) is 5.92 Å². The molecule has 0 aliphatic rings. The summed E-state index contributed by atoms with van der Waals surface area (Å²) in [5.74, 6) is -0.264. The Bertz CT molecular complexity index is 395. The number of benzene rings is 1. The maximum atomic E-state index is 13.6. The fourth-order valence-electron chi connectivity index (χ4n) is 1.59. The average Bonchev–Trinajstić information content (AvgIpc) is 2.22. The zero-order valence-corrected chi connectivity index (χ0v) is 9.83. The lowest BCUT2D eigenvalue weighted by Gasteiger charge is -2.14. The van der Waals surface area contributed by atoms with Crippen LogP contribution in [-0.4, -0.2) is 6.61 Å². The van der Waals surface area contributed by atoms with Gasteiger partial charge in [0.1, 0.15) is 0 Å². The van der Waals surface area contributed by atoms with Crippen LogP contribution in [-0.2, 0) is 0 Å². The third kappa shape index (κ3) is 2.73. The minimum Gasteiger partial charge on any atom is -0.491 e. The Morgan fingerprint density at radius 2 is 2.12 bits per heavy atom. The summed E-state index contributed by atoms with van der Waals surface area (Å²) >= 11 is 0. The minimum atomic E-state index is -0.403. The molecule has 1 aromatic rings. The van der Waals surface area contributed by atoms with Crippen LogP contribution < -0.4 is 4.74 Å². The van der Waals surface area contributed by atoms with E-state index in [1.54, 1.807) is 19.1 Å². The Morgan fingerprint density at radius 1 is 1.44 bits per heavy atom. The Morgan fingerprint density at radius 3 is 2.56 bits per heavy atom. The van der Waals surface area contributed by atoms with Gasteiger partial charge in [-0.05, 0) is 30.5 Å². The number of ether oxygens (including phenoxy) is 1. The molecule has 86 valence electrons. The lowest BCUT2D eigenvalue weighted by molar-refractivity contribution is 0.321. The number of halogens is 1. The molecule has 0 fully saturated rings. The van der Waals surface area contributed by atoms with Crippen molar-refractivity contribution in [3.05, 3.63) is 29.6 Å². The van der Waals surface area contributed by atoms with Gasteiger partial charge in [-0.15, -0.1) is 0 Å². The van der Waals surface area contributed by atoms with Gasteiger partial charge in [0.15, 0.2) is 11.6 Å². The molecule has 0 amide bonds. The first-order chi connectivity index (χ1) is 7.60. The van der Waals surface area contributed by atoms with E-state index >= 15 is 0 Å². The number of rotatable bonds is 4. The van der Waals surface area contributed by atoms with Crippen molar-refractivity contribution in [1.29, 1.82) is 5.26 Å². The molecule has 0 heterocycles. The van der Waals surface area contributed by atoms with Gasteiger partial charge < -0.3 is 4.74 Å². The first-order valence-corrected chi connectivity index (χ1v) is 5.42. The molecule has 1 aromatic carbocycles. The van der Waals surface area contributed by atoms with Crippen molar-refractivity contribution in [1.82, 2.24) is 0 Å². The average molecular weight is 221 g/mol. The summed E-state index contributed by atoms with van der Waals surface area (Å²) in [5.41, 5.74) is 0.707. The maximum Gasteiger partial charge on any atom is 0.165 e. The SMILES string of the molecule is CCOc1ccc(C(C#N)C(C)C)cc1F. The van der Waals surface area contributed by atoms with Crippen molar-refractivity contribution in [3.63, 3.8) is 0 Å². The molecule has 2 nitrogen and oxygen atoms in total. The summed E-state index contributed by atoms with van der Waals surface area (Å²) in [6.07, 6.45) is 0. The molecule has 1 rings (SSSR count). The van der Waals surface area contributed by atoms with E-state index in [4.69, 9.17) is 10.00 Å². The standard InChI is InChI=1S/C13H16FNO/c1-4-16-13-6-5-10(7-12(13)14)11(8-15)9(2)3/h5-7,9,11H,4H2,1-3H3. The van der Waals surface area contributed by atoms with Crippen molar-refractivity contribution in [2.75, 3.05) is 6.61 Å². The smallest absolute Gasteiger partial charge is 0.165 e. The van der Waals surface area contributed by atoms with Crippen LogP contribution in [0.25, 0.3) is 0 Å². The summed E-state index contributed by atoms with van der Waals surface area (Å²) in [5, 5.41) is 9.01. The van der Waals surface area contributed by atoms with Crippen LogP contribution >= 0.6 is 0 Å². The molecule has 3 heteroatoms. The lowest BCUT2D eigenvalue weighted by atomic mass is 9.90. The van der Waals surface area contributed by atoms with E-state index in [0.29, 0.717) is 12.2 Å². The van der Waals surface area contributed by atoms with E-state index in [0.717, 1.165) is 0 Å². The van der Waals surface area contributed by atoms with Gasteiger partial charge >= 0.3 is 0 Å². The van der Waals surface area contributed by atoms with Gasteiger partial charge in [0.05, 0.1) is 18.6 Å². The van der Waals surface area contributed by atoms with Crippen molar-refractivity contribution in [3.8, 4) is 11.8 Å². The minimum absolute atomic E-state index is 0.169. The molecule has 0 aliphatic heterocycles. The largest absolute Gasteiger partial charge is 0.491 e. The maximum absolute atomic E-state index is 13.6. The molecule has 1 atom stereocenters. The predicted octanol–water partition coefficient (Wildman–Crippen LogP) is 3.49. The van der Waals surface area contributed by atoms with Gasteiger partial charge in [-0.1, -0.05) is 19.9 Å². The van der Waals surface area contributed by atoms with Crippen LogP contribution in [0, 0.1) is 23.1 Å². The first-order valence-electron chi connectivity index (χ1n) is 5.42. The number of nitrogens with zero attached hydrogens (tertiary/aromatic N) is 1. The Hall–Kier alpha value is -1.56. The molecule has 1 unspecified atom stereocenters. The van der Waals surface area contributed by atoms with Crippen LogP contribution in [0.5, 0.6) is 5.75 Å². The van der Waals surface area contributed by atoms with Gasteiger partial charge in [-0.2, -0.15) is 5.26 Å². The third-order valence-electron chi connectivity index (χ3n) is 2.42. The van der Waals surface area contributed by atoms with Crippen LogP contribution in [0.1, 0.15) is 32.3 Å². The van der Waals surface area contributed by atoms with Gasteiger partial charge in [0, 0.05) is 0 Å². The molecular weight excluding hydrogens is 205 g/mol. The lowest BCUT2D eigenvalue weighted by Crippen LogP contribution is -2.05. The quantitative estimate of drug-likeness (QED) is 0.779. The van der Waals surface area contributed by atoms with Crippen molar-refractivity contribution in [2.45, 2.75) is 26.7 Å². The van der Waals surface area contributed by atoms with Crippen molar-refractivity contribution >= 4 is 0 Å². The van der Waals surface area contributed by atoms with E-state index < -0.39 is 5.82 Å². The Kier molecular flexibility index (Phi) is 4.30. The van der Waals surface area contributed by atoms with E-state index in [9.17, 15) is 4.39 Å². The molecule has 0 radical (unpaired) electrons. The molecular formula is C13H16FNO. The molecule has 0 bridgehead atoms. The van der Waals surface area contributed by atoms with E-state index in [1.807, 2.05) is 13.8 Å². The van der Waals surface area contributed by atoms with E-state index in [1.165, 1.54) is 6.07 Å². The molecule has 0 aliphatic carbocycles. The van der Waals surface area contributed by atoms with Crippen LogP contribution in [0.2, 0.25) is 0 Å². The third-order valence-corrected chi connectivity index (χ3v) is 2.42. The van der Waals surface area contributed by atoms with Crippen LogP contribution in [0.4, 0.5) is 4.39 Å². The summed E-state index contributed by atoms with van der Waals surface area (Å²) in [6, 6.07) is 6.91. The second-order valence-electron chi connectivity index (χ2n) is 3.97. The highest BCUT2D eigenvalue weighted by molar-refractivity contribution is 5.33. The fraction of sp³-hybridized carbons (Fsp3) is 0.462. The van der Waals surface area contributed by atoms with E-state index in [-0.39, 0.29) is 17.6 Å². The second-order valence-corrected chi connectivity index (χ2v) is 3.97. The van der Waals surface area contributed by atoms with Crippen LogP contribution in [0.3, 0.4) is 0 Å². The van der Waals surface area contributed by atoms with Gasteiger partial charge in [0.25, 0.3) is 0 Å². The number of hydrogen-bond acceptors (Lipinski definition) is 2. The molecule has 16 heavy (non-hydrogen) atoms. The summed E-state index contributed by atoms with van der Waals surface area (Å²) < 4.78 is 18.7. The monoisotopic (exact) mass is 221 g/mol. The molecule has 0 N–H and O–H groups in total. The Labute approximate surface area is 95.7 Å². The predicted molar refractivity (Wildman–Crippen MR) is 60.8 cm³/mol. The molecule has 0 spiro atoms. The summed E-state index contributed by atoms with van der Waals surface area (Å²) in [6.45, 7) is 6.13. The number of nitriles is 1. The molecule has 0 aromatic heterocycles. The summed E-state index contributed by atoms with van der Waals surface area (Å²) in [4.78, 5) is 0. The highest BCUT2D eigenvalue weighted by Gasteiger charge is 2.16. The Balaban J connectivity index is 3.01. The topological polar surface area (TPSA) is 33.0 Å². The first kappa shape index (κ1) is 12.5. The molecule has 0 saturated heterocycles. The zero-order valence-electron chi connectivity index (χ0n) is 9.83. The fourth-order valence-corrected chi connectivity index (χ4v) is 1.59. The van der Waals surface area contributed by atoms with Gasteiger partial charge in [-0.3, -0.25) is 0 Å².